The molecule has 2 atom stereocenters. The summed E-state index contributed by atoms with van der Waals surface area (Å²) in [5.41, 5.74) is 2.65. The van der Waals surface area contributed by atoms with E-state index < -0.39 is 0 Å². The molecule has 1 fully saturated rings. The third-order valence-electron chi connectivity index (χ3n) is 5.74. The predicted octanol–water partition coefficient (Wildman–Crippen LogP) is 4.30. The molecule has 0 unspecified atom stereocenters. The van der Waals surface area contributed by atoms with E-state index >= 15 is 0 Å². The van der Waals surface area contributed by atoms with Crippen molar-refractivity contribution in [3.05, 3.63) is 89.2 Å². The number of rotatable bonds is 4. The van der Waals surface area contributed by atoms with Gasteiger partial charge in [0.1, 0.15) is 11.9 Å². The van der Waals surface area contributed by atoms with E-state index in [1.54, 1.807) is 6.20 Å². The number of carbonyl (C=O) groups is 1. The minimum absolute atomic E-state index is 0.0282. The molecule has 5 rings (SSSR count). The van der Waals surface area contributed by atoms with Crippen LogP contribution in [-0.2, 0) is 17.9 Å². The maximum absolute atomic E-state index is 13.8. The van der Waals surface area contributed by atoms with Crippen molar-refractivity contribution >= 4 is 23.2 Å². The fourth-order valence-corrected chi connectivity index (χ4v) is 4.49. The number of aromatic nitrogens is 1. The number of halogens is 1. The lowest BCUT2D eigenvalue weighted by atomic mass is 10.1. The lowest BCUT2D eigenvalue weighted by molar-refractivity contribution is -0.123. The van der Waals surface area contributed by atoms with Crippen LogP contribution in [0, 0.1) is 0 Å². The van der Waals surface area contributed by atoms with Gasteiger partial charge in [0.25, 0.3) is 0 Å². The van der Waals surface area contributed by atoms with E-state index in [0.29, 0.717) is 26.1 Å². The van der Waals surface area contributed by atoms with Crippen LogP contribution in [0.15, 0.2) is 72.9 Å². The Labute approximate surface area is 180 Å². The number of para-hydroxylation sites is 2. The predicted molar refractivity (Wildman–Crippen MR) is 117 cm³/mol. The van der Waals surface area contributed by atoms with Gasteiger partial charge in [-0.25, -0.2) is 0 Å². The molecule has 0 N–H and O–H groups in total. The van der Waals surface area contributed by atoms with E-state index in [1.165, 1.54) is 0 Å². The van der Waals surface area contributed by atoms with Crippen LogP contribution in [0.3, 0.4) is 0 Å². The molecule has 30 heavy (non-hydrogen) atoms. The van der Waals surface area contributed by atoms with Crippen LogP contribution in [0.4, 0.5) is 5.69 Å². The Bertz CT molecular complexity index is 1060. The molecule has 1 amide bonds. The molecule has 0 aliphatic carbocycles. The number of anilines is 1. The molecule has 1 saturated heterocycles. The van der Waals surface area contributed by atoms with Gasteiger partial charge in [-0.05, 0) is 35.9 Å². The zero-order valence-corrected chi connectivity index (χ0v) is 17.2. The summed E-state index contributed by atoms with van der Waals surface area (Å²) in [6.07, 6.45) is 2.39. The highest BCUT2D eigenvalue weighted by Crippen LogP contribution is 2.37. The molecule has 2 aliphatic heterocycles. The van der Waals surface area contributed by atoms with Crippen LogP contribution in [0.25, 0.3) is 0 Å². The summed E-state index contributed by atoms with van der Waals surface area (Å²) in [6.45, 7) is 1.71. The van der Waals surface area contributed by atoms with Crippen molar-refractivity contribution in [2.75, 3.05) is 11.4 Å². The molecule has 152 valence electrons. The summed E-state index contributed by atoms with van der Waals surface area (Å²) < 4.78 is 6.35. The maximum Gasteiger partial charge on any atom is 0.244 e. The van der Waals surface area contributed by atoms with Gasteiger partial charge in [-0.1, -0.05) is 48.0 Å². The minimum atomic E-state index is -0.261. The van der Waals surface area contributed by atoms with Crippen LogP contribution in [0.2, 0.25) is 5.02 Å². The highest BCUT2D eigenvalue weighted by molar-refractivity contribution is 6.31. The molecule has 2 aromatic carbocycles. The lowest BCUT2D eigenvalue weighted by Gasteiger charge is -2.31. The molecule has 5 nitrogen and oxygen atoms in total. The Morgan fingerprint density at radius 3 is 2.63 bits per heavy atom. The summed E-state index contributed by atoms with van der Waals surface area (Å²) in [5, 5.41) is 0.719. The van der Waals surface area contributed by atoms with Gasteiger partial charge in [-0.15, -0.1) is 0 Å². The van der Waals surface area contributed by atoms with E-state index in [-0.39, 0.29) is 18.1 Å². The van der Waals surface area contributed by atoms with Crippen molar-refractivity contribution in [1.29, 1.82) is 0 Å². The summed E-state index contributed by atoms with van der Waals surface area (Å²) in [4.78, 5) is 22.2. The number of hydrogen-bond donors (Lipinski definition) is 0. The van der Waals surface area contributed by atoms with Crippen LogP contribution in [-0.4, -0.2) is 34.5 Å². The quantitative estimate of drug-likeness (QED) is 0.632. The minimum Gasteiger partial charge on any atom is -0.487 e. The smallest absolute Gasteiger partial charge is 0.244 e. The SMILES string of the molecule is O=C1[C@@H]2C[C@@H](CN2Cc2ccccc2Cl)Oc2ccccc2N1Cc1ccccn1. The first-order chi connectivity index (χ1) is 14.7. The maximum atomic E-state index is 13.8. The number of fused-ring (bicyclic) bond motifs is 3. The molecule has 0 saturated carbocycles. The number of pyridine rings is 1. The first-order valence-electron chi connectivity index (χ1n) is 10.1. The third-order valence-corrected chi connectivity index (χ3v) is 6.11. The van der Waals surface area contributed by atoms with Gasteiger partial charge in [0.2, 0.25) is 5.91 Å². The van der Waals surface area contributed by atoms with Gasteiger partial charge >= 0.3 is 0 Å². The van der Waals surface area contributed by atoms with E-state index in [0.717, 1.165) is 27.7 Å². The number of benzene rings is 2. The average Bonchev–Trinajstić information content (AvgIpc) is 3.17. The van der Waals surface area contributed by atoms with E-state index in [1.807, 2.05) is 71.6 Å². The molecule has 0 spiro atoms. The van der Waals surface area contributed by atoms with Crippen LogP contribution < -0.4 is 9.64 Å². The van der Waals surface area contributed by atoms with Gasteiger partial charge in [0.15, 0.2) is 0 Å². The van der Waals surface area contributed by atoms with E-state index in [2.05, 4.69) is 9.88 Å². The van der Waals surface area contributed by atoms with Crippen molar-refractivity contribution < 1.29 is 9.53 Å². The average molecular weight is 420 g/mol. The third kappa shape index (κ3) is 3.66. The highest BCUT2D eigenvalue weighted by Gasteiger charge is 2.43. The van der Waals surface area contributed by atoms with Crippen molar-refractivity contribution in [3.8, 4) is 5.75 Å². The normalized spacial score (nSPS) is 21.0. The topological polar surface area (TPSA) is 45.7 Å². The van der Waals surface area contributed by atoms with Crippen molar-refractivity contribution in [3.63, 3.8) is 0 Å². The van der Waals surface area contributed by atoms with Crippen molar-refractivity contribution in [2.45, 2.75) is 31.7 Å². The molecule has 0 radical (unpaired) electrons. The first kappa shape index (κ1) is 19.1. The van der Waals surface area contributed by atoms with Gasteiger partial charge in [0.05, 0.1) is 24.0 Å². The van der Waals surface area contributed by atoms with Crippen molar-refractivity contribution in [1.82, 2.24) is 9.88 Å². The highest BCUT2D eigenvalue weighted by atomic mass is 35.5. The molecule has 6 heteroatoms. The largest absolute Gasteiger partial charge is 0.487 e. The van der Waals surface area contributed by atoms with Gasteiger partial charge in [-0.2, -0.15) is 0 Å². The molecule has 3 heterocycles. The zero-order valence-electron chi connectivity index (χ0n) is 16.4. The Morgan fingerprint density at radius 2 is 1.80 bits per heavy atom. The molecule has 2 bridgehead atoms. The van der Waals surface area contributed by atoms with Crippen LogP contribution in [0.5, 0.6) is 5.75 Å². The Hall–Kier alpha value is -2.89. The molecule has 1 aromatic heterocycles. The Balaban J connectivity index is 1.50. The second kappa shape index (κ2) is 8.09. The molecular weight excluding hydrogens is 398 g/mol. The summed E-state index contributed by atoms with van der Waals surface area (Å²) >= 11 is 6.39. The summed E-state index contributed by atoms with van der Waals surface area (Å²) in [6, 6.07) is 21.0. The number of ether oxygens (including phenoxy) is 1. The number of amides is 1. The fourth-order valence-electron chi connectivity index (χ4n) is 4.30. The lowest BCUT2D eigenvalue weighted by Crippen LogP contribution is -2.45. The molecule has 2 aliphatic rings. The zero-order chi connectivity index (χ0) is 20.5. The van der Waals surface area contributed by atoms with E-state index in [9.17, 15) is 4.79 Å². The van der Waals surface area contributed by atoms with Gasteiger partial charge in [0, 0.05) is 30.7 Å². The second-order valence-corrected chi connectivity index (χ2v) is 8.13. The number of carbonyl (C=O) groups excluding carboxylic acids is 1. The van der Waals surface area contributed by atoms with Crippen LogP contribution >= 0.6 is 11.6 Å². The van der Waals surface area contributed by atoms with Gasteiger partial charge in [-0.3, -0.25) is 14.7 Å². The van der Waals surface area contributed by atoms with E-state index in [4.69, 9.17) is 16.3 Å². The Kier molecular flexibility index (Phi) is 5.15. The molecule has 3 aromatic rings. The van der Waals surface area contributed by atoms with Crippen LogP contribution in [0.1, 0.15) is 17.7 Å². The monoisotopic (exact) mass is 419 g/mol. The first-order valence-corrected chi connectivity index (χ1v) is 10.5. The standard InChI is InChI=1S/C24H22ClN3O2/c25-20-9-2-1-7-17(20)14-27-16-19-13-22(27)24(29)28(15-18-8-5-6-12-26-18)21-10-3-4-11-23(21)30-19/h1-12,19,22H,13-16H2/t19-,22-/m0/s1. The Morgan fingerprint density at radius 1 is 1.00 bits per heavy atom. The fraction of sp³-hybridized carbons (Fsp3) is 0.250. The number of nitrogens with zero attached hydrogens (tertiary/aromatic N) is 3. The summed E-state index contributed by atoms with van der Waals surface area (Å²) in [5.74, 6) is 0.816. The van der Waals surface area contributed by atoms with Crippen molar-refractivity contribution in [2.24, 2.45) is 0 Å². The molecular formula is C24H22ClN3O2. The number of likely N-dealkylation sites (tertiary alicyclic amines) is 1. The van der Waals surface area contributed by atoms with Gasteiger partial charge < -0.3 is 9.64 Å². The second-order valence-electron chi connectivity index (χ2n) is 7.73. The summed E-state index contributed by atoms with van der Waals surface area (Å²) in [7, 11) is 0. The number of hydrogen-bond acceptors (Lipinski definition) is 4.